The number of rotatable bonds is 6. The predicted octanol–water partition coefficient (Wildman–Crippen LogP) is 3.21. The lowest BCUT2D eigenvalue weighted by molar-refractivity contribution is 0.290. The molecule has 0 bridgehead atoms. The molecule has 1 heterocycles. The van der Waals surface area contributed by atoms with Gasteiger partial charge in [0, 0.05) is 19.2 Å². The highest BCUT2D eigenvalue weighted by molar-refractivity contribution is 6.31. The summed E-state index contributed by atoms with van der Waals surface area (Å²) in [6.07, 6.45) is 0. The Labute approximate surface area is 128 Å². The summed E-state index contributed by atoms with van der Waals surface area (Å²) < 4.78 is 20.8. The van der Waals surface area contributed by atoms with E-state index in [4.69, 9.17) is 16.3 Å². The van der Waals surface area contributed by atoms with E-state index >= 15 is 0 Å². The number of nitrogens with zero attached hydrogens (tertiary/aromatic N) is 2. The summed E-state index contributed by atoms with van der Waals surface area (Å²) in [6, 6.07) is 4.51. The van der Waals surface area contributed by atoms with Crippen LogP contribution >= 0.6 is 11.6 Å². The van der Waals surface area contributed by atoms with Crippen molar-refractivity contribution in [3.8, 4) is 5.75 Å². The average molecular weight is 312 g/mol. The first kappa shape index (κ1) is 15.8. The molecule has 6 heteroatoms. The van der Waals surface area contributed by atoms with Gasteiger partial charge in [0.25, 0.3) is 0 Å². The lowest BCUT2D eigenvalue weighted by atomic mass is 10.2. The first-order valence-electron chi connectivity index (χ1n) is 6.82. The van der Waals surface area contributed by atoms with Crippen molar-refractivity contribution < 1.29 is 9.13 Å². The molecule has 0 radical (unpaired) electrons. The van der Waals surface area contributed by atoms with E-state index in [2.05, 4.69) is 10.4 Å². The van der Waals surface area contributed by atoms with E-state index in [0.717, 1.165) is 23.5 Å². The van der Waals surface area contributed by atoms with Crippen LogP contribution in [0.1, 0.15) is 23.9 Å². The first-order valence-corrected chi connectivity index (χ1v) is 7.20. The van der Waals surface area contributed by atoms with Crippen molar-refractivity contribution in [2.45, 2.75) is 27.0 Å². The quantitative estimate of drug-likeness (QED) is 0.890. The third kappa shape index (κ3) is 3.74. The lowest BCUT2D eigenvalue weighted by Gasteiger charge is -2.12. The number of aryl methyl sites for hydroxylation is 2. The molecule has 1 aromatic carbocycles. The van der Waals surface area contributed by atoms with Gasteiger partial charge in [0.05, 0.1) is 16.4 Å². The van der Waals surface area contributed by atoms with Gasteiger partial charge >= 0.3 is 0 Å². The van der Waals surface area contributed by atoms with Crippen molar-refractivity contribution in [1.82, 2.24) is 15.1 Å². The number of aromatic nitrogens is 2. The van der Waals surface area contributed by atoms with E-state index in [0.29, 0.717) is 23.9 Å². The van der Waals surface area contributed by atoms with Crippen molar-refractivity contribution in [3.05, 3.63) is 46.0 Å². The Hall–Kier alpha value is -1.59. The molecule has 21 heavy (non-hydrogen) atoms. The highest BCUT2D eigenvalue weighted by atomic mass is 35.5. The summed E-state index contributed by atoms with van der Waals surface area (Å²) in [5.41, 5.74) is 2.35. The Morgan fingerprint density at radius 1 is 1.43 bits per heavy atom. The molecule has 0 spiro atoms. The van der Waals surface area contributed by atoms with Gasteiger partial charge in [0.2, 0.25) is 0 Å². The van der Waals surface area contributed by atoms with Crippen LogP contribution in [0.25, 0.3) is 0 Å². The normalized spacial score (nSPS) is 10.9. The Balaban J connectivity index is 2.15. The highest BCUT2D eigenvalue weighted by Crippen LogP contribution is 2.24. The summed E-state index contributed by atoms with van der Waals surface area (Å²) in [6.45, 7) is 5.50. The second kappa shape index (κ2) is 6.91. The molecule has 1 aromatic heterocycles. The third-order valence-corrected chi connectivity index (χ3v) is 3.71. The Bertz CT molecular complexity index is 628. The molecule has 0 fully saturated rings. The molecule has 1 N–H and O–H groups in total. The molecule has 0 aliphatic rings. The molecule has 0 unspecified atom stereocenters. The van der Waals surface area contributed by atoms with Crippen molar-refractivity contribution in [2.24, 2.45) is 7.05 Å². The van der Waals surface area contributed by atoms with Gasteiger partial charge in [-0.05, 0) is 31.7 Å². The minimum absolute atomic E-state index is 0.273. The third-order valence-electron chi connectivity index (χ3n) is 3.21. The van der Waals surface area contributed by atoms with Crippen LogP contribution < -0.4 is 10.1 Å². The zero-order chi connectivity index (χ0) is 15.4. The van der Waals surface area contributed by atoms with Gasteiger partial charge in [-0.15, -0.1) is 0 Å². The molecular formula is C15H19ClFN3O. The van der Waals surface area contributed by atoms with E-state index in [1.807, 2.05) is 20.9 Å². The maximum absolute atomic E-state index is 13.4. The Morgan fingerprint density at radius 2 is 2.19 bits per heavy atom. The monoisotopic (exact) mass is 311 g/mol. The van der Waals surface area contributed by atoms with Gasteiger partial charge < -0.3 is 10.1 Å². The fraction of sp³-hybridized carbons (Fsp3) is 0.400. The molecule has 2 rings (SSSR count). The molecule has 0 amide bonds. The van der Waals surface area contributed by atoms with Crippen LogP contribution in [0.4, 0.5) is 4.39 Å². The van der Waals surface area contributed by atoms with Crippen molar-refractivity contribution >= 4 is 11.6 Å². The van der Waals surface area contributed by atoms with Gasteiger partial charge in [-0.3, -0.25) is 4.68 Å². The number of benzene rings is 1. The largest absolute Gasteiger partial charge is 0.487 e. The van der Waals surface area contributed by atoms with E-state index in [1.54, 1.807) is 10.7 Å². The van der Waals surface area contributed by atoms with Crippen molar-refractivity contribution in [3.63, 3.8) is 0 Å². The standard InChI is InChI=1S/C15H19ClFN3O/c1-4-18-8-11-7-12(17)5-6-14(11)21-9-13-15(16)10(2)19-20(13)3/h5-7,18H,4,8-9H2,1-3H3. The smallest absolute Gasteiger partial charge is 0.131 e. The van der Waals surface area contributed by atoms with E-state index in [-0.39, 0.29) is 5.82 Å². The summed E-state index contributed by atoms with van der Waals surface area (Å²) in [4.78, 5) is 0. The molecule has 0 aliphatic carbocycles. The van der Waals surface area contributed by atoms with Gasteiger partial charge in [-0.1, -0.05) is 18.5 Å². The minimum atomic E-state index is -0.273. The molecular weight excluding hydrogens is 293 g/mol. The minimum Gasteiger partial charge on any atom is -0.487 e. The average Bonchev–Trinajstić information content (AvgIpc) is 2.69. The van der Waals surface area contributed by atoms with Crippen LogP contribution in [0.3, 0.4) is 0 Å². The van der Waals surface area contributed by atoms with Crippen LogP contribution in [0.5, 0.6) is 5.75 Å². The topological polar surface area (TPSA) is 39.1 Å². The van der Waals surface area contributed by atoms with Crippen LogP contribution in [-0.2, 0) is 20.2 Å². The number of nitrogens with one attached hydrogen (secondary N) is 1. The summed E-state index contributed by atoms with van der Waals surface area (Å²) in [7, 11) is 1.82. The molecule has 0 saturated heterocycles. The summed E-state index contributed by atoms with van der Waals surface area (Å²) in [5, 5.41) is 8.01. The second-order valence-corrected chi connectivity index (χ2v) is 5.17. The Morgan fingerprint density at radius 3 is 2.81 bits per heavy atom. The molecule has 2 aromatic rings. The molecule has 0 aliphatic heterocycles. The number of hydrogen-bond acceptors (Lipinski definition) is 3. The SMILES string of the molecule is CCNCc1cc(F)ccc1OCc1c(Cl)c(C)nn1C. The zero-order valence-electron chi connectivity index (χ0n) is 12.4. The second-order valence-electron chi connectivity index (χ2n) is 4.79. The lowest BCUT2D eigenvalue weighted by Crippen LogP contribution is -2.13. The maximum Gasteiger partial charge on any atom is 0.131 e. The molecule has 0 saturated carbocycles. The number of ether oxygens (including phenoxy) is 1. The predicted molar refractivity (Wildman–Crippen MR) is 81.1 cm³/mol. The molecule has 4 nitrogen and oxygen atoms in total. The van der Waals surface area contributed by atoms with Crippen molar-refractivity contribution in [2.75, 3.05) is 6.54 Å². The number of halogens is 2. The maximum atomic E-state index is 13.4. The fourth-order valence-electron chi connectivity index (χ4n) is 2.07. The van der Waals surface area contributed by atoms with E-state index in [9.17, 15) is 4.39 Å². The zero-order valence-corrected chi connectivity index (χ0v) is 13.2. The van der Waals surface area contributed by atoms with Crippen LogP contribution in [0.2, 0.25) is 5.02 Å². The molecule has 0 atom stereocenters. The van der Waals surface area contributed by atoms with Gasteiger partial charge in [-0.2, -0.15) is 5.10 Å². The fourth-order valence-corrected chi connectivity index (χ4v) is 2.28. The highest BCUT2D eigenvalue weighted by Gasteiger charge is 2.13. The van der Waals surface area contributed by atoms with Gasteiger partial charge in [-0.25, -0.2) is 4.39 Å². The van der Waals surface area contributed by atoms with Gasteiger partial charge in [0.15, 0.2) is 0 Å². The van der Waals surface area contributed by atoms with Crippen molar-refractivity contribution in [1.29, 1.82) is 0 Å². The Kier molecular flexibility index (Phi) is 5.20. The first-order chi connectivity index (χ1) is 10.0. The van der Waals surface area contributed by atoms with Crippen LogP contribution in [0.15, 0.2) is 18.2 Å². The van der Waals surface area contributed by atoms with Gasteiger partial charge in [0.1, 0.15) is 18.2 Å². The summed E-state index contributed by atoms with van der Waals surface area (Å²) >= 11 is 6.19. The van der Waals surface area contributed by atoms with Crippen LogP contribution in [0, 0.1) is 12.7 Å². The van der Waals surface area contributed by atoms with Crippen LogP contribution in [-0.4, -0.2) is 16.3 Å². The van der Waals surface area contributed by atoms with E-state index < -0.39 is 0 Å². The van der Waals surface area contributed by atoms with E-state index in [1.165, 1.54) is 12.1 Å². The summed E-state index contributed by atoms with van der Waals surface area (Å²) in [5.74, 6) is 0.372. The molecule has 114 valence electrons. The number of hydrogen-bond donors (Lipinski definition) is 1.